The molecule has 0 saturated carbocycles. The summed E-state index contributed by atoms with van der Waals surface area (Å²) >= 11 is 1.23. The van der Waals surface area contributed by atoms with Crippen molar-refractivity contribution in [2.75, 3.05) is 11.6 Å². The van der Waals surface area contributed by atoms with Gasteiger partial charge in [-0.25, -0.2) is 4.79 Å². The summed E-state index contributed by atoms with van der Waals surface area (Å²) in [5, 5.41) is 9.35. The number of carbonyl (C=O) groups excluding carboxylic acids is 1. The van der Waals surface area contributed by atoms with Crippen molar-refractivity contribution in [1.82, 2.24) is 25.1 Å². The highest BCUT2D eigenvalue weighted by Crippen LogP contribution is 2.18. The molecule has 0 bridgehead atoms. The molecule has 0 radical (unpaired) electrons. The minimum Gasteiger partial charge on any atom is -0.309 e. The van der Waals surface area contributed by atoms with Crippen LogP contribution in [0.4, 0.5) is 5.95 Å². The van der Waals surface area contributed by atoms with Gasteiger partial charge in [0, 0.05) is 5.69 Å². The summed E-state index contributed by atoms with van der Waals surface area (Å²) < 4.78 is 0. The molecule has 0 unspecified atom stereocenters. The highest BCUT2D eigenvalue weighted by atomic mass is 32.2. The van der Waals surface area contributed by atoms with Gasteiger partial charge in [-0.3, -0.25) is 15.2 Å². The van der Waals surface area contributed by atoms with Crippen LogP contribution in [-0.4, -0.2) is 37.3 Å². The Morgan fingerprint density at radius 1 is 1.32 bits per heavy atom. The number of H-pyrrole nitrogens is 2. The molecule has 2 aromatic rings. The second-order valence-corrected chi connectivity index (χ2v) is 4.54. The molecule has 0 aliphatic carbocycles. The highest BCUT2D eigenvalue weighted by molar-refractivity contribution is 7.98. The zero-order chi connectivity index (χ0) is 14.0. The van der Waals surface area contributed by atoms with E-state index in [-0.39, 0.29) is 5.95 Å². The van der Waals surface area contributed by atoms with Gasteiger partial charge in [-0.2, -0.15) is 9.97 Å². The van der Waals surface area contributed by atoms with Crippen LogP contribution in [0.25, 0.3) is 0 Å². The van der Waals surface area contributed by atoms with Crippen molar-refractivity contribution in [2.45, 2.75) is 18.9 Å². The Labute approximate surface area is 112 Å². The van der Waals surface area contributed by atoms with E-state index in [0.29, 0.717) is 22.1 Å². The SMILES string of the molecule is CSc1nc(=O)[nH]c(C)c1C(=O)Nc1n[nH]c(C)n1. The average Bonchev–Trinajstić information content (AvgIpc) is 2.73. The standard InChI is InChI=1S/C10H12N6O2S/c1-4-6(8(19-3)14-10(18)11-4)7(17)13-9-12-5(2)15-16-9/h1-3H3,(H,11,14,18)(H2,12,13,15,16,17). The molecule has 2 heterocycles. The van der Waals surface area contributed by atoms with Crippen LogP contribution in [0.3, 0.4) is 0 Å². The van der Waals surface area contributed by atoms with Gasteiger partial charge in [0.05, 0.1) is 5.56 Å². The quantitative estimate of drug-likeness (QED) is 0.556. The maximum atomic E-state index is 12.2. The van der Waals surface area contributed by atoms with E-state index in [1.807, 2.05) is 0 Å². The summed E-state index contributed by atoms with van der Waals surface area (Å²) in [6.45, 7) is 3.36. The molecule has 0 aliphatic rings. The first-order chi connectivity index (χ1) is 9.01. The van der Waals surface area contributed by atoms with Crippen molar-refractivity contribution in [3.63, 3.8) is 0 Å². The van der Waals surface area contributed by atoms with Crippen LogP contribution in [0.2, 0.25) is 0 Å². The first-order valence-corrected chi connectivity index (χ1v) is 6.59. The number of nitrogens with one attached hydrogen (secondary N) is 3. The van der Waals surface area contributed by atoms with Crippen LogP contribution in [0, 0.1) is 13.8 Å². The number of hydrogen-bond acceptors (Lipinski definition) is 6. The maximum Gasteiger partial charge on any atom is 0.346 e. The predicted octanol–water partition coefficient (Wildman–Crippen LogP) is 0.479. The van der Waals surface area contributed by atoms with E-state index in [9.17, 15) is 9.59 Å². The fourth-order valence-corrected chi connectivity index (χ4v) is 2.16. The normalized spacial score (nSPS) is 10.5. The first kappa shape index (κ1) is 13.3. The Bertz CT molecular complexity index is 677. The van der Waals surface area contributed by atoms with Crippen molar-refractivity contribution in [3.05, 3.63) is 27.6 Å². The number of carbonyl (C=O) groups is 1. The van der Waals surface area contributed by atoms with E-state index in [1.165, 1.54) is 11.8 Å². The highest BCUT2D eigenvalue weighted by Gasteiger charge is 2.18. The molecule has 2 rings (SSSR count). The van der Waals surface area contributed by atoms with Gasteiger partial charge in [0.15, 0.2) is 0 Å². The van der Waals surface area contributed by atoms with Crippen molar-refractivity contribution >= 4 is 23.6 Å². The van der Waals surface area contributed by atoms with Gasteiger partial charge in [-0.15, -0.1) is 16.9 Å². The summed E-state index contributed by atoms with van der Waals surface area (Å²) in [7, 11) is 0. The third-order valence-electron chi connectivity index (χ3n) is 2.33. The Morgan fingerprint density at radius 2 is 2.05 bits per heavy atom. The number of amides is 1. The van der Waals surface area contributed by atoms with E-state index in [1.54, 1.807) is 20.1 Å². The number of aryl methyl sites for hydroxylation is 2. The molecule has 9 heteroatoms. The van der Waals surface area contributed by atoms with Gasteiger partial charge in [-0.05, 0) is 20.1 Å². The Morgan fingerprint density at radius 3 is 2.63 bits per heavy atom. The van der Waals surface area contributed by atoms with Gasteiger partial charge < -0.3 is 4.98 Å². The summed E-state index contributed by atoms with van der Waals surface area (Å²) in [6, 6.07) is 0. The lowest BCUT2D eigenvalue weighted by atomic mass is 10.2. The first-order valence-electron chi connectivity index (χ1n) is 5.36. The van der Waals surface area contributed by atoms with Crippen molar-refractivity contribution in [2.24, 2.45) is 0 Å². The molecular formula is C10H12N6O2S. The van der Waals surface area contributed by atoms with E-state index in [0.717, 1.165) is 0 Å². The lowest BCUT2D eigenvalue weighted by Gasteiger charge is -2.07. The number of aromatic nitrogens is 5. The third-order valence-corrected chi connectivity index (χ3v) is 3.01. The number of nitrogens with zero attached hydrogens (tertiary/aromatic N) is 3. The minimum absolute atomic E-state index is 0.181. The van der Waals surface area contributed by atoms with E-state index in [4.69, 9.17) is 0 Å². The number of aromatic amines is 2. The van der Waals surface area contributed by atoms with E-state index >= 15 is 0 Å². The van der Waals surface area contributed by atoms with Gasteiger partial charge >= 0.3 is 5.69 Å². The van der Waals surface area contributed by atoms with Crippen molar-refractivity contribution in [1.29, 1.82) is 0 Å². The molecule has 0 aliphatic heterocycles. The number of anilines is 1. The third kappa shape index (κ3) is 2.81. The Kier molecular flexibility index (Phi) is 3.65. The second-order valence-electron chi connectivity index (χ2n) is 3.75. The molecule has 0 aromatic carbocycles. The maximum absolute atomic E-state index is 12.2. The van der Waals surface area contributed by atoms with Crippen molar-refractivity contribution in [3.8, 4) is 0 Å². The molecule has 0 spiro atoms. The zero-order valence-corrected chi connectivity index (χ0v) is 11.4. The molecule has 1 amide bonds. The van der Waals surface area contributed by atoms with Crippen LogP contribution in [0.5, 0.6) is 0 Å². The monoisotopic (exact) mass is 280 g/mol. The van der Waals surface area contributed by atoms with Gasteiger partial charge in [0.1, 0.15) is 10.9 Å². The summed E-state index contributed by atoms with van der Waals surface area (Å²) in [6.07, 6.45) is 1.74. The van der Waals surface area contributed by atoms with E-state index < -0.39 is 11.6 Å². The smallest absolute Gasteiger partial charge is 0.309 e. The van der Waals surface area contributed by atoms with Crippen LogP contribution in [0.15, 0.2) is 9.82 Å². The molecule has 0 atom stereocenters. The van der Waals surface area contributed by atoms with Crippen LogP contribution in [0.1, 0.15) is 21.9 Å². The summed E-state index contributed by atoms with van der Waals surface area (Å²) in [4.78, 5) is 33.7. The number of thioether (sulfide) groups is 1. The minimum atomic E-state index is -0.480. The van der Waals surface area contributed by atoms with Crippen LogP contribution >= 0.6 is 11.8 Å². The lowest BCUT2D eigenvalue weighted by molar-refractivity contribution is 0.102. The molecule has 0 saturated heterocycles. The van der Waals surface area contributed by atoms with Crippen LogP contribution < -0.4 is 11.0 Å². The van der Waals surface area contributed by atoms with E-state index in [2.05, 4.69) is 30.5 Å². The average molecular weight is 280 g/mol. The fraction of sp³-hybridized carbons (Fsp3) is 0.300. The fourth-order valence-electron chi connectivity index (χ4n) is 1.54. The molecule has 19 heavy (non-hydrogen) atoms. The van der Waals surface area contributed by atoms with Gasteiger partial charge in [-0.1, -0.05) is 0 Å². The molecule has 8 nitrogen and oxygen atoms in total. The zero-order valence-electron chi connectivity index (χ0n) is 10.6. The second kappa shape index (κ2) is 5.22. The largest absolute Gasteiger partial charge is 0.346 e. The molecule has 3 N–H and O–H groups in total. The molecule has 100 valence electrons. The molecular weight excluding hydrogens is 268 g/mol. The lowest BCUT2D eigenvalue weighted by Crippen LogP contribution is -2.22. The van der Waals surface area contributed by atoms with Crippen LogP contribution in [-0.2, 0) is 0 Å². The Balaban J connectivity index is 2.36. The number of hydrogen-bond donors (Lipinski definition) is 3. The predicted molar refractivity (Wildman–Crippen MR) is 70.4 cm³/mol. The summed E-state index contributed by atoms with van der Waals surface area (Å²) in [5.41, 5.74) is 0.288. The number of rotatable bonds is 3. The van der Waals surface area contributed by atoms with Crippen molar-refractivity contribution < 1.29 is 4.79 Å². The topological polar surface area (TPSA) is 116 Å². The molecule has 0 fully saturated rings. The Hall–Kier alpha value is -2.16. The molecule has 2 aromatic heterocycles. The van der Waals surface area contributed by atoms with Gasteiger partial charge in [0.2, 0.25) is 5.95 Å². The summed E-state index contributed by atoms with van der Waals surface area (Å²) in [5.74, 6) is 0.362. The van der Waals surface area contributed by atoms with Gasteiger partial charge in [0.25, 0.3) is 5.91 Å².